The monoisotopic (exact) mass is 190 g/mol. The van der Waals surface area contributed by atoms with E-state index in [-0.39, 0.29) is 0 Å². The molecule has 0 unspecified atom stereocenters. The second-order valence-electron chi connectivity index (χ2n) is 2.04. The lowest BCUT2D eigenvalue weighted by Gasteiger charge is -1.97. The highest BCUT2D eigenvalue weighted by Gasteiger charge is 2.02. The summed E-state index contributed by atoms with van der Waals surface area (Å²) < 4.78 is 10.9. The third-order valence-corrected chi connectivity index (χ3v) is 2.24. The van der Waals surface area contributed by atoms with E-state index in [4.69, 9.17) is 11.6 Å². The lowest BCUT2D eigenvalue weighted by atomic mass is 10.5. The first-order chi connectivity index (χ1) is 5.11. The van der Waals surface area contributed by atoms with Crippen LogP contribution in [0.4, 0.5) is 0 Å². The Balaban J connectivity index is 3.15. The average Bonchev–Trinajstić information content (AvgIpc) is 1.94. The Morgan fingerprint density at radius 2 is 2.27 bits per heavy atom. The van der Waals surface area contributed by atoms with Crippen molar-refractivity contribution >= 4 is 22.4 Å². The van der Waals surface area contributed by atoms with Crippen LogP contribution >= 0.6 is 11.6 Å². The van der Waals surface area contributed by atoms with Crippen LogP contribution in [0, 0.1) is 6.92 Å². The molecular formula is C6H7ClN2OS. The molecule has 3 nitrogen and oxygen atoms in total. The van der Waals surface area contributed by atoms with E-state index in [1.807, 2.05) is 0 Å². The first-order valence-corrected chi connectivity index (χ1v) is 4.87. The Bertz CT molecular complexity index is 303. The highest BCUT2D eigenvalue weighted by atomic mass is 35.5. The number of hydrogen-bond acceptors (Lipinski definition) is 3. The zero-order valence-corrected chi connectivity index (χ0v) is 7.74. The second kappa shape index (κ2) is 3.28. The van der Waals surface area contributed by atoms with Gasteiger partial charge in [0.15, 0.2) is 0 Å². The second-order valence-corrected chi connectivity index (χ2v) is 3.72. The number of nitrogens with zero attached hydrogens (tertiary/aromatic N) is 2. The third kappa shape index (κ3) is 1.97. The molecule has 0 aliphatic carbocycles. The highest BCUT2D eigenvalue weighted by molar-refractivity contribution is 7.84. The summed E-state index contributed by atoms with van der Waals surface area (Å²) in [6.45, 7) is 1.75. The molecule has 60 valence electrons. The lowest BCUT2D eigenvalue weighted by molar-refractivity contribution is 0.679. The summed E-state index contributed by atoms with van der Waals surface area (Å²) >= 11 is 5.66. The van der Waals surface area contributed by atoms with E-state index in [0.717, 1.165) is 0 Å². The summed E-state index contributed by atoms with van der Waals surface area (Å²) in [5.74, 6) is 0. The van der Waals surface area contributed by atoms with Crippen molar-refractivity contribution in [2.45, 2.75) is 12.1 Å². The Hall–Kier alpha value is -0.480. The fourth-order valence-corrected chi connectivity index (χ4v) is 1.13. The van der Waals surface area contributed by atoms with Crippen LogP contribution in [-0.2, 0) is 10.8 Å². The third-order valence-electron chi connectivity index (χ3n) is 1.15. The van der Waals surface area contributed by atoms with Gasteiger partial charge in [-0.25, -0.2) is 9.97 Å². The first kappa shape index (κ1) is 8.62. The van der Waals surface area contributed by atoms with Crippen LogP contribution in [0.3, 0.4) is 0 Å². The minimum absolute atomic E-state index is 0.326. The highest BCUT2D eigenvalue weighted by Crippen LogP contribution is 2.10. The van der Waals surface area contributed by atoms with Gasteiger partial charge in [-0.2, -0.15) is 0 Å². The quantitative estimate of drug-likeness (QED) is 0.625. The fraction of sp³-hybridized carbons (Fsp3) is 0.333. The largest absolute Gasteiger partial charge is 0.251 e. The summed E-state index contributed by atoms with van der Waals surface area (Å²) in [6.07, 6.45) is 2.99. The Morgan fingerprint density at radius 1 is 1.64 bits per heavy atom. The van der Waals surface area contributed by atoms with Crippen LogP contribution in [0.1, 0.15) is 5.69 Å². The maximum absolute atomic E-state index is 10.9. The molecule has 1 heterocycles. The van der Waals surface area contributed by atoms with E-state index in [1.54, 1.807) is 6.92 Å². The van der Waals surface area contributed by atoms with E-state index >= 15 is 0 Å². The predicted molar refractivity (Wildman–Crippen MR) is 44.1 cm³/mol. The standard InChI is InChI=1S/C6H7ClN2OS/c1-4-5(7)3-8-6(9-4)11(2)10/h3H,1-2H3/t11-/m0/s1. The van der Waals surface area contributed by atoms with Gasteiger partial charge < -0.3 is 0 Å². The molecule has 0 spiro atoms. The van der Waals surface area contributed by atoms with Gasteiger partial charge in [-0.3, -0.25) is 4.21 Å². The van der Waals surface area contributed by atoms with Crippen molar-refractivity contribution in [3.63, 3.8) is 0 Å². The zero-order valence-electron chi connectivity index (χ0n) is 6.17. The van der Waals surface area contributed by atoms with Crippen LogP contribution in [0.5, 0.6) is 0 Å². The van der Waals surface area contributed by atoms with Crippen LogP contribution in [0.15, 0.2) is 11.4 Å². The van der Waals surface area contributed by atoms with Gasteiger partial charge >= 0.3 is 0 Å². The van der Waals surface area contributed by atoms with E-state index in [1.165, 1.54) is 12.5 Å². The number of hydrogen-bond donors (Lipinski definition) is 0. The van der Waals surface area contributed by atoms with Gasteiger partial charge in [0.2, 0.25) is 5.16 Å². The SMILES string of the molecule is Cc1nc([S@](C)=O)ncc1Cl. The number of halogens is 1. The van der Waals surface area contributed by atoms with E-state index in [0.29, 0.717) is 15.9 Å². The molecule has 5 heteroatoms. The van der Waals surface area contributed by atoms with Crippen molar-refractivity contribution in [2.75, 3.05) is 6.26 Å². The van der Waals surface area contributed by atoms with Crippen molar-refractivity contribution < 1.29 is 4.21 Å². The average molecular weight is 191 g/mol. The number of aryl methyl sites for hydroxylation is 1. The van der Waals surface area contributed by atoms with E-state index < -0.39 is 10.8 Å². The summed E-state index contributed by atoms with van der Waals surface area (Å²) in [5, 5.41) is 0.825. The maximum atomic E-state index is 10.9. The van der Waals surface area contributed by atoms with Gasteiger partial charge in [-0.1, -0.05) is 11.6 Å². The molecular weight excluding hydrogens is 184 g/mol. The van der Waals surface area contributed by atoms with Crippen LogP contribution in [0.25, 0.3) is 0 Å². The van der Waals surface area contributed by atoms with Gasteiger partial charge in [-0.05, 0) is 6.92 Å². The predicted octanol–water partition coefficient (Wildman–Crippen LogP) is 1.18. The van der Waals surface area contributed by atoms with Gasteiger partial charge in [0.05, 0.1) is 27.7 Å². The van der Waals surface area contributed by atoms with Crippen LogP contribution in [-0.4, -0.2) is 20.4 Å². The van der Waals surface area contributed by atoms with E-state index in [2.05, 4.69) is 9.97 Å². The smallest absolute Gasteiger partial charge is 0.218 e. The first-order valence-electron chi connectivity index (χ1n) is 2.94. The zero-order chi connectivity index (χ0) is 8.43. The summed E-state index contributed by atoms with van der Waals surface area (Å²) in [4.78, 5) is 7.72. The van der Waals surface area contributed by atoms with Gasteiger partial charge in [0.25, 0.3) is 0 Å². The van der Waals surface area contributed by atoms with Crippen molar-refractivity contribution in [3.05, 3.63) is 16.9 Å². The lowest BCUT2D eigenvalue weighted by Crippen LogP contribution is -1.98. The number of rotatable bonds is 1. The summed E-state index contributed by atoms with van der Waals surface area (Å²) in [6, 6.07) is 0. The fourth-order valence-electron chi connectivity index (χ4n) is 0.570. The molecule has 11 heavy (non-hydrogen) atoms. The molecule has 1 atom stereocenters. The number of aromatic nitrogens is 2. The minimum atomic E-state index is -1.13. The van der Waals surface area contributed by atoms with Crippen LogP contribution < -0.4 is 0 Å². The normalized spacial score (nSPS) is 13.0. The van der Waals surface area contributed by atoms with E-state index in [9.17, 15) is 4.21 Å². The molecule has 0 fully saturated rings. The molecule has 0 radical (unpaired) electrons. The molecule has 0 aliphatic rings. The van der Waals surface area contributed by atoms with Gasteiger partial charge in [0.1, 0.15) is 0 Å². The Morgan fingerprint density at radius 3 is 2.73 bits per heavy atom. The molecule has 0 saturated carbocycles. The van der Waals surface area contributed by atoms with Crippen molar-refractivity contribution in [3.8, 4) is 0 Å². The topological polar surface area (TPSA) is 42.9 Å². The molecule has 1 aromatic heterocycles. The van der Waals surface area contributed by atoms with Crippen molar-refractivity contribution in [1.29, 1.82) is 0 Å². The summed E-state index contributed by atoms with van der Waals surface area (Å²) in [5.41, 5.74) is 0.659. The van der Waals surface area contributed by atoms with Gasteiger partial charge in [-0.15, -0.1) is 0 Å². The van der Waals surface area contributed by atoms with Gasteiger partial charge in [0, 0.05) is 6.26 Å². The molecule has 0 amide bonds. The molecule has 0 saturated heterocycles. The Kier molecular flexibility index (Phi) is 2.57. The summed E-state index contributed by atoms with van der Waals surface area (Å²) in [7, 11) is -1.13. The molecule has 1 aromatic rings. The minimum Gasteiger partial charge on any atom is -0.251 e. The van der Waals surface area contributed by atoms with Crippen LogP contribution in [0.2, 0.25) is 5.02 Å². The molecule has 0 aromatic carbocycles. The Labute approximate surface area is 72.3 Å². The van der Waals surface area contributed by atoms with Crippen molar-refractivity contribution in [1.82, 2.24) is 9.97 Å². The van der Waals surface area contributed by atoms with Crippen molar-refractivity contribution in [2.24, 2.45) is 0 Å². The molecule has 0 aliphatic heterocycles. The molecule has 0 bridgehead atoms. The maximum Gasteiger partial charge on any atom is 0.218 e. The molecule has 0 N–H and O–H groups in total. The molecule has 1 rings (SSSR count).